The Kier molecular flexibility index (Phi) is 8.78. The summed E-state index contributed by atoms with van der Waals surface area (Å²) in [5.41, 5.74) is -1.03. The summed E-state index contributed by atoms with van der Waals surface area (Å²) >= 11 is 0. The van der Waals surface area contributed by atoms with E-state index in [2.05, 4.69) is 39.2 Å². The Balaban J connectivity index is 3.17. The van der Waals surface area contributed by atoms with Crippen LogP contribution >= 0.6 is 0 Å². The van der Waals surface area contributed by atoms with E-state index in [1.807, 2.05) is 0 Å². The van der Waals surface area contributed by atoms with E-state index in [1.54, 1.807) is 20.8 Å². The lowest BCUT2D eigenvalue weighted by molar-refractivity contribution is -0.137. The first-order valence-corrected chi connectivity index (χ1v) is 13.2. The molecule has 0 heterocycles. The molecule has 5 nitrogen and oxygen atoms in total. The predicted molar refractivity (Wildman–Crippen MR) is 118 cm³/mol. The summed E-state index contributed by atoms with van der Waals surface area (Å²) in [6.45, 7) is 15.3. The molecular formula is C22H36F3NO4Si. The molecular weight excluding hydrogens is 427 g/mol. The van der Waals surface area contributed by atoms with Crippen molar-refractivity contribution < 1.29 is 32.2 Å². The summed E-state index contributed by atoms with van der Waals surface area (Å²) in [4.78, 5) is 12.4. The number of hydrogen-bond donors (Lipinski definition) is 2. The Morgan fingerprint density at radius 2 is 1.58 bits per heavy atom. The molecule has 9 heteroatoms. The molecule has 0 unspecified atom stereocenters. The van der Waals surface area contributed by atoms with Gasteiger partial charge in [0.25, 0.3) is 0 Å². The van der Waals surface area contributed by atoms with Crippen LogP contribution in [0, 0.1) is 0 Å². The quantitative estimate of drug-likeness (QED) is 0.509. The van der Waals surface area contributed by atoms with E-state index >= 15 is 0 Å². The van der Waals surface area contributed by atoms with Gasteiger partial charge >= 0.3 is 12.3 Å². The average Bonchev–Trinajstić information content (AvgIpc) is 2.57. The van der Waals surface area contributed by atoms with Crippen molar-refractivity contribution in [3.63, 3.8) is 0 Å². The average molecular weight is 464 g/mol. The van der Waals surface area contributed by atoms with Crippen molar-refractivity contribution in [2.24, 2.45) is 0 Å². The molecule has 0 saturated carbocycles. The normalized spacial score (nSPS) is 15.4. The predicted octanol–water partition coefficient (Wildman–Crippen LogP) is 5.70. The zero-order valence-corrected chi connectivity index (χ0v) is 20.7. The van der Waals surface area contributed by atoms with Gasteiger partial charge in [0.1, 0.15) is 5.60 Å². The lowest BCUT2D eigenvalue weighted by atomic mass is 9.92. The number of aliphatic hydroxyl groups is 1. The number of aliphatic hydroxyl groups excluding tert-OH is 1. The first-order chi connectivity index (χ1) is 13.9. The fraction of sp³-hybridized carbons (Fsp3) is 0.682. The van der Waals surface area contributed by atoms with E-state index in [0.29, 0.717) is 5.56 Å². The Morgan fingerprint density at radius 3 is 1.97 bits per heavy atom. The van der Waals surface area contributed by atoms with Gasteiger partial charge in [0.2, 0.25) is 0 Å². The maximum Gasteiger partial charge on any atom is 0.416 e. The molecule has 1 aromatic rings. The zero-order valence-electron chi connectivity index (χ0n) is 19.7. The SMILES string of the molecule is CC(C)(C)OC(=O)N[C@H](CO[Si](C)(C)C(C)(C)C)[C@@H](CO)c1ccc(C(F)(F)F)cc1. The van der Waals surface area contributed by atoms with Gasteiger partial charge in [-0.25, -0.2) is 4.79 Å². The number of hydrogen-bond acceptors (Lipinski definition) is 4. The van der Waals surface area contributed by atoms with Crippen LogP contribution in [0.4, 0.5) is 18.0 Å². The molecule has 178 valence electrons. The number of carbonyl (C=O) groups is 1. The summed E-state index contributed by atoms with van der Waals surface area (Å²) in [5, 5.41) is 12.7. The van der Waals surface area contributed by atoms with Crippen LogP contribution in [0.2, 0.25) is 18.1 Å². The number of benzene rings is 1. The number of nitrogens with one attached hydrogen (secondary N) is 1. The molecule has 0 aliphatic carbocycles. The zero-order chi connectivity index (χ0) is 24.3. The third-order valence-electron chi connectivity index (χ3n) is 5.48. The number of ether oxygens (including phenoxy) is 1. The maximum absolute atomic E-state index is 12.9. The van der Waals surface area contributed by atoms with E-state index in [4.69, 9.17) is 9.16 Å². The third-order valence-corrected chi connectivity index (χ3v) is 9.98. The number of halogens is 3. The number of alkyl carbamates (subject to hydrolysis) is 1. The van der Waals surface area contributed by atoms with Crippen molar-refractivity contribution in [3.05, 3.63) is 35.4 Å². The molecule has 0 bridgehead atoms. The molecule has 0 aliphatic heterocycles. The van der Waals surface area contributed by atoms with Gasteiger partial charge in [-0.05, 0) is 56.6 Å². The highest BCUT2D eigenvalue weighted by Crippen LogP contribution is 2.37. The Labute approximate surface area is 184 Å². The van der Waals surface area contributed by atoms with E-state index < -0.39 is 43.7 Å². The minimum absolute atomic E-state index is 0.0768. The second-order valence-corrected chi connectivity index (χ2v) is 15.0. The topological polar surface area (TPSA) is 67.8 Å². The first kappa shape index (κ1) is 27.5. The monoisotopic (exact) mass is 463 g/mol. The van der Waals surface area contributed by atoms with Gasteiger partial charge in [-0.1, -0.05) is 32.9 Å². The van der Waals surface area contributed by atoms with Crippen molar-refractivity contribution in [2.75, 3.05) is 13.2 Å². The standard InChI is InChI=1S/C22H36F3NO4Si/c1-20(2,3)30-19(28)26-18(14-29-31(7,8)21(4,5)6)17(13-27)15-9-11-16(12-10-15)22(23,24)25/h9-12,17-18,27H,13-14H2,1-8H3,(H,26,28)/t17-,18+/m0/s1. The Hall–Kier alpha value is -1.58. The molecule has 1 aromatic carbocycles. The molecule has 2 N–H and O–H groups in total. The van der Waals surface area contributed by atoms with Crippen molar-refractivity contribution in [1.29, 1.82) is 0 Å². The van der Waals surface area contributed by atoms with Gasteiger partial charge in [0, 0.05) is 5.92 Å². The van der Waals surface area contributed by atoms with Crippen LogP contribution in [0.1, 0.15) is 58.6 Å². The van der Waals surface area contributed by atoms with Crippen molar-refractivity contribution in [3.8, 4) is 0 Å². The smallest absolute Gasteiger partial charge is 0.416 e. The van der Waals surface area contributed by atoms with Gasteiger partial charge in [-0.2, -0.15) is 13.2 Å². The van der Waals surface area contributed by atoms with Crippen molar-refractivity contribution >= 4 is 14.4 Å². The van der Waals surface area contributed by atoms with Gasteiger partial charge in [-0.15, -0.1) is 0 Å². The van der Waals surface area contributed by atoms with Crippen molar-refractivity contribution in [2.45, 2.75) is 83.4 Å². The fourth-order valence-electron chi connectivity index (χ4n) is 2.62. The second-order valence-electron chi connectivity index (χ2n) is 10.2. The Bertz CT molecular complexity index is 722. The van der Waals surface area contributed by atoms with Crippen LogP contribution in [0.5, 0.6) is 0 Å². The maximum atomic E-state index is 12.9. The molecule has 0 spiro atoms. The molecule has 31 heavy (non-hydrogen) atoms. The number of carbonyl (C=O) groups excluding carboxylic acids is 1. The van der Waals surface area contributed by atoms with Crippen LogP contribution in [-0.2, 0) is 15.3 Å². The molecule has 2 atom stereocenters. The highest BCUT2D eigenvalue weighted by Gasteiger charge is 2.39. The molecule has 0 aromatic heterocycles. The van der Waals surface area contributed by atoms with Crippen LogP contribution in [-0.4, -0.2) is 44.4 Å². The molecule has 0 fully saturated rings. The highest BCUT2D eigenvalue weighted by molar-refractivity contribution is 6.74. The molecule has 0 saturated heterocycles. The van der Waals surface area contributed by atoms with Gasteiger partial charge in [0.15, 0.2) is 8.32 Å². The lowest BCUT2D eigenvalue weighted by Gasteiger charge is -2.38. The number of rotatable bonds is 7. The van der Waals surface area contributed by atoms with Crippen LogP contribution in [0.15, 0.2) is 24.3 Å². The number of amides is 1. The van der Waals surface area contributed by atoms with E-state index in [9.17, 15) is 23.1 Å². The van der Waals surface area contributed by atoms with Gasteiger partial charge < -0.3 is 19.6 Å². The third kappa shape index (κ3) is 8.46. The molecule has 0 radical (unpaired) electrons. The molecule has 0 aliphatic rings. The Morgan fingerprint density at radius 1 is 1.06 bits per heavy atom. The summed E-state index contributed by atoms with van der Waals surface area (Å²) < 4.78 is 50.3. The summed E-state index contributed by atoms with van der Waals surface area (Å²) in [7, 11) is -2.18. The lowest BCUT2D eigenvalue weighted by Crippen LogP contribution is -2.49. The summed E-state index contributed by atoms with van der Waals surface area (Å²) in [5.74, 6) is -0.667. The second kappa shape index (κ2) is 9.91. The minimum Gasteiger partial charge on any atom is -0.444 e. The van der Waals surface area contributed by atoms with Gasteiger partial charge in [-0.3, -0.25) is 0 Å². The fourth-order valence-corrected chi connectivity index (χ4v) is 3.65. The van der Waals surface area contributed by atoms with Gasteiger partial charge in [0.05, 0.1) is 24.8 Å². The van der Waals surface area contributed by atoms with Crippen molar-refractivity contribution in [1.82, 2.24) is 5.32 Å². The molecule has 1 rings (SSSR count). The summed E-state index contributed by atoms with van der Waals surface area (Å²) in [6, 6.07) is 3.89. The molecule has 1 amide bonds. The highest BCUT2D eigenvalue weighted by atomic mass is 28.4. The van der Waals surface area contributed by atoms with Crippen LogP contribution in [0.25, 0.3) is 0 Å². The number of alkyl halides is 3. The largest absolute Gasteiger partial charge is 0.444 e. The first-order valence-electron chi connectivity index (χ1n) is 10.3. The summed E-state index contributed by atoms with van der Waals surface area (Å²) in [6.07, 6.45) is -5.13. The van der Waals surface area contributed by atoms with E-state index in [-0.39, 0.29) is 18.3 Å². The van der Waals surface area contributed by atoms with Crippen LogP contribution in [0.3, 0.4) is 0 Å². The van der Waals surface area contributed by atoms with E-state index in [1.165, 1.54) is 12.1 Å². The van der Waals surface area contributed by atoms with E-state index in [0.717, 1.165) is 12.1 Å². The minimum atomic E-state index is -4.45. The van der Waals surface area contributed by atoms with Crippen LogP contribution < -0.4 is 5.32 Å².